The summed E-state index contributed by atoms with van der Waals surface area (Å²) in [6.07, 6.45) is 2.07. The molecule has 0 bridgehead atoms. The summed E-state index contributed by atoms with van der Waals surface area (Å²) in [4.78, 5) is 0. The molecule has 14 heavy (non-hydrogen) atoms. The molecule has 2 aromatic rings. The molecular formula is C12H10BrN. The first-order valence-corrected chi connectivity index (χ1v) is 5.24. The Bertz CT molecular complexity index is 514. The van der Waals surface area contributed by atoms with Gasteiger partial charge in [-0.15, -0.1) is 5.92 Å². The Balaban J connectivity index is 2.51. The molecule has 0 radical (unpaired) electrons. The van der Waals surface area contributed by atoms with Crippen LogP contribution in [0.4, 0.5) is 0 Å². The maximum absolute atomic E-state index is 3.46. The van der Waals surface area contributed by atoms with Crippen molar-refractivity contribution in [1.82, 2.24) is 4.57 Å². The van der Waals surface area contributed by atoms with Gasteiger partial charge in [-0.2, -0.15) is 0 Å². The lowest BCUT2D eigenvalue weighted by atomic mass is 10.2. The topological polar surface area (TPSA) is 4.93 Å². The van der Waals surface area contributed by atoms with Crippen LogP contribution in [0.2, 0.25) is 0 Å². The minimum atomic E-state index is 0.766. The lowest BCUT2D eigenvalue weighted by Crippen LogP contribution is -1.92. The molecule has 0 aliphatic heterocycles. The highest BCUT2D eigenvalue weighted by Gasteiger charge is 1.99. The number of rotatable bonds is 1. The number of hydrogen-bond donors (Lipinski definition) is 0. The van der Waals surface area contributed by atoms with Gasteiger partial charge in [0.15, 0.2) is 0 Å². The van der Waals surface area contributed by atoms with Gasteiger partial charge in [0, 0.05) is 21.6 Å². The highest BCUT2D eigenvalue weighted by molar-refractivity contribution is 9.10. The average molecular weight is 248 g/mol. The molecule has 0 saturated heterocycles. The third kappa shape index (κ3) is 1.69. The van der Waals surface area contributed by atoms with Crippen LogP contribution in [-0.2, 0) is 6.54 Å². The largest absolute Gasteiger partial charge is 0.336 e. The maximum atomic E-state index is 3.46. The first kappa shape index (κ1) is 9.36. The molecular weight excluding hydrogens is 238 g/mol. The molecule has 2 heteroatoms. The Morgan fingerprint density at radius 1 is 1.36 bits per heavy atom. The summed E-state index contributed by atoms with van der Waals surface area (Å²) in [5, 5.41) is 1.25. The van der Waals surface area contributed by atoms with Crippen molar-refractivity contribution in [1.29, 1.82) is 0 Å². The zero-order valence-electron chi connectivity index (χ0n) is 7.92. The van der Waals surface area contributed by atoms with Crippen molar-refractivity contribution < 1.29 is 0 Å². The summed E-state index contributed by atoms with van der Waals surface area (Å²) < 4.78 is 3.27. The highest BCUT2D eigenvalue weighted by Crippen LogP contribution is 2.20. The van der Waals surface area contributed by atoms with Gasteiger partial charge in [0.25, 0.3) is 0 Å². The molecule has 0 spiro atoms. The summed E-state index contributed by atoms with van der Waals surface area (Å²) in [5.74, 6) is 5.96. The monoisotopic (exact) mass is 247 g/mol. The fourth-order valence-corrected chi connectivity index (χ4v) is 1.85. The van der Waals surface area contributed by atoms with Crippen molar-refractivity contribution in [3.63, 3.8) is 0 Å². The number of hydrogen-bond acceptors (Lipinski definition) is 0. The summed E-state index contributed by atoms with van der Waals surface area (Å²) in [5.41, 5.74) is 1.23. The molecule has 1 aromatic carbocycles. The van der Waals surface area contributed by atoms with Gasteiger partial charge in [-0.1, -0.05) is 21.9 Å². The quantitative estimate of drug-likeness (QED) is 0.681. The van der Waals surface area contributed by atoms with Crippen molar-refractivity contribution in [3.8, 4) is 11.8 Å². The first-order valence-electron chi connectivity index (χ1n) is 4.45. The molecule has 0 unspecified atom stereocenters. The zero-order chi connectivity index (χ0) is 9.97. The van der Waals surface area contributed by atoms with Gasteiger partial charge in [0.2, 0.25) is 0 Å². The molecule has 1 nitrogen and oxygen atoms in total. The van der Waals surface area contributed by atoms with Crippen LogP contribution in [-0.4, -0.2) is 4.57 Å². The van der Waals surface area contributed by atoms with E-state index in [2.05, 4.69) is 62.8 Å². The standard InChI is InChI=1S/C12H10BrN/c1-2-3-7-14-8-6-10-9-11(13)4-5-12(10)14/h4-6,8-9H,7H2,1H3. The van der Waals surface area contributed by atoms with Crippen LogP contribution in [0, 0.1) is 11.8 Å². The van der Waals surface area contributed by atoms with Crippen LogP contribution < -0.4 is 0 Å². The summed E-state index contributed by atoms with van der Waals surface area (Å²) in [6.45, 7) is 2.63. The van der Waals surface area contributed by atoms with E-state index in [1.807, 2.05) is 6.92 Å². The smallest absolute Gasteiger partial charge is 0.0837 e. The molecule has 0 N–H and O–H groups in total. The summed E-state index contributed by atoms with van der Waals surface area (Å²) in [7, 11) is 0. The highest BCUT2D eigenvalue weighted by atomic mass is 79.9. The van der Waals surface area contributed by atoms with Crippen LogP contribution >= 0.6 is 15.9 Å². The van der Waals surface area contributed by atoms with Gasteiger partial charge in [0.1, 0.15) is 0 Å². The minimum absolute atomic E-state index is 0.766. The van der Waals surface area contributed by atoms with Gasteiger partial charge in [-0.3, -0.25) is 0 Å². The van der Waals surface area contributed by atoms with Gasteiger partial charge in [-0.05, 0) is 31.2 Å². The van der Waals surface area contributed by atoms with E-state index < -0.39 is 0 Å². The fraction of sp³-hybridized carbons (Fsp3) is 0.167. The van der Waals surface area contributed by atoms with Gasteiger partial charge < -0.3 is 4.57 Å². The number of benzene rings is 1. The van der Waals surface area contributed by atoms with E-state index in [9.17, 15) is 0 Å². The molecule has 0 atom stereocenters. The minimum Gasteiger partial charge on any atom is -0.336 e. The van der Waals surface area contributed by atoms with E-state index in [0.29, 0.717) is 0 Å². The molecule has 0 saturated carbocycles. The predicted octanol–water partition coefficient (Wildman–Crippen LogP) is 3.43. The Hall–Kier alpha value is -1.20. The van der Waals surface area contributed by atoms with Crippen LogP contribution in [0.1, 0.15) is 6.92 Å². The predicted molar refractivity (Wildman–Crippen MR) is 63.1 cm³/mol. The molecule has 0 aliphatic rings. The van der Waals surface area contributed by atoms with Gasteiger partial charge >= 0.3 is 0 Å². The van der Waals surface area contributed by atoms with E-state index in [0.717, 1.165) is 11.0 Å². The van der Waals surface area contributed by atoms with E-state index in [4.69, 9.17) is 0 Å². The molecule has 2 rings (SSSR count). The SMILES string of the molecule is CC#CCn1ccc2cc(Br)ccc21. The van der Waals surface area contributed by atoms with Crippen molar-refractivity contribution in [3.05, 3.63) is 34.9 Å². The lowest BCUT2D eigenvalue weighted by Gasteiger charge is -1.99. The van der Waals surface area contributed by atoms with E-state index >= 15 is 0 Å². The molecule has 0 fully saturated rings. The maximum Gasteiger partial charge on any atom is 0.0837 e. The number of fused-ring (bicyclic) bond motifs is 1. The lowest BCUT2D eigenvalue weighted by molar-refractivity contribution is 0.885. The third-order valence-corrected chi connectivity index (χ3v) is 2.65. The fourth-order valence-electron chi connectivity index (χ4n) is 1.47. The second kappa shape index (κ2) is 3.89. The van der Waals surface area contributed by atoms with E-state index in [1.165, 1.54) is 10.9 Å². The Labute approximate surface area is 91.9 Å². The van der Waals surface area contributed by atoms with Gasteiger partial charge in [-0.25, -0.2) is 0 Å². The van der Waals surface area contributed by atoms with Gasteiger partial charge in [0.05, 0.1) is 6.54 Å². The third-order valence-electron chi connectivity index (χ3n) is 2.16. The number of nitrogens with zero attached hydrogens (tertiary/aromatic N) is 1. The second-order valence-corrected chi connectivity index (χ2v) is 3.99. The first-order chi connectivity index (χ1) is 6.81. The summed E-state index contributed by atoms with van der Waals surface area (Å²) in [6, 6.07) is 8.39. The van der Waals surface area contributed by atoms with E-state index in [-0.39, 0.29) is 0 Å². The molecule has 70 valence electrons. The summed E-state index contributed by atoms with van der Waals surface area (Å²) >= 11 is 3.46. The molecule has 1 aromatic heterocycles. The van der Waals surface area contributed by atoms with Crippen molar-refractivity contribution >= 4 is 26.8 Å². The average Bonchev–Trinajstić information content (AvgIpc) is 2.57. The van der Waals surface area contributed by atoms with E-state index in [1.54, 1.807) is 0 Å². The van der Waals surface area contributed by atoms with Crippen LogP contribution in [0.25, 0.3) is 10.9 Å². The van der Waals surface area contributed by atoms with Crippen molar-refractivity contribution in [2.45, 2.75) is 13.5 Å². The molecule has 0 amide bonds. The van der Waals surface area contributed by atoms with Crippen LogP contribution in [0.15, 0.2) is 34.9 Å². The Morgan fingerprint density at radius 2 is 2.21 bits per heavy atom. The van der Waals surface area contributed by atoms with Crippen LogP contribution in [0.5, 0.6) is 0 Å². The normalized spacial score (nSPS) is 9.86. The molecule has 0 aliphatic carbocycles. The Morgan fingerprint density at radius 3 is 3.00 bits per heavy atom. The number of halogens is 1. The van der Waals surface area contributed by atoms with Crippen molar-refractivity contribution in [2.24, 2.45) is 0 Å². The second-order valence-electron chi connectivity index (χ2n) is 3.07. The number of aromatic nitrogens is 1. The zero-order valence-corrected chi connectivity index (χ0v) is 9.51. The van der Waals surface area contributed by atoms with Crippen molar-refractivity contribution in [2.75, 3.05) is 0 Å². The Kier molecular flexibility index (Phi) is 2.60. The molecule has 1 heterocycles. The van der Waals surface area contributed by atoms with Crippen LogP contribution in [0.3, 0.4) is 0 Å².